The number of nitrogens with zero attached hydrogens (tertiary/aromatic N) is 3. The molecule has 0 saturated carbocycles. The molecule has 0 aliphatic carbocycles. The first-order chi connectivity index (χ1) is 15.9. The third-order valence-corrected chi connectivity index (χ3v) is 6.13. The highest BCUT2D eigenvalue weighted by Crippen LogP contribution is 2.22. The van der Waals surface area contributed by atoms with Gasteiger partial charge in [0.25, 0.3) is 5.56 Å². The predicted octanol–water partition coefficient (Wildman–Crippen LogP) is 3.79. The topological polar surface area (TPSA) is 83.2 Å². The van der Waals surface area contributed by atoms with Crippen molar-refractivity contribution in [2.24, 2.45) is 0 Å². The van der Waals surface area contributed by atoms with Crippen molar-refractivity contribution in [3.63, 3.8) is 0 Å². The van der Waals surface area contributed by atoms with Crippen LogP contribution in [-0.4, -0.2) is 32.5 Å². The summed E-state index contributed by atoms with van der Waals surface area (Å²) in [6.07, 6.45) is 1.64. The Kier molecular flexibility index (Phi) is 5.17. The molecule has 0 amide bonds. The molecule has 7 nitrogen and oxygen atoms in total. The summed E-state index contributed by atoms with van der Waals surface area (Å²) in [4.78, 5) is 42.6. The SMILES string of the molecule is Cc1cc(C(=O)COC(=O)c2ccc3c(=O)n4c(nc3c2)CCC4)c(C)n1-c1ccccc1. The number of para-hydroxylation sites is 1. The lowest BCUT2D eigenvalue weighted by Crippen LogP contribution is -2.21. The zero-order valence-electron chi connectivity index (χ0n) is 18.5. The molecule has 7 heteroatoms. The maximum Gasteiger partial charge on any atom is 0.338 e. The van der Waals surface area contributed by atoms with Crippen molar-refractivity contribution in [1.29, 1.82) is 0 Å². The van der Waals surface area contributed by atoms with E-state index >= 15 is 0 Å². The summed E-state index contributed by atoms with van der Waals surface area (Å²) >= 11 is 0. The molecular weight excluding hydrogens is 418 g/mol. The fourth-order valence-corrected chi connectivity index (χ4v) is 4.52. The average molecular weight is 441 g/mol. The Hall–Kier alpha value is -4.00. The van der Waals surface area contributed by atoms with E-state index in [2.05, 4.69) is 4.98 Å². The Bertz CT molecular complexity index is 1460. The highest BCUT2D eigenvalue weighted by molar-refractivity contribution is 6.01. The summed E-state index contributed by atoms with van der Waals surface area (Å²) < 4.78 is 9.00. The summed E-state index contributed by atoms with van der Waals surface area (Å²) in [5, 5.41) is 0.474. The molecule has 0 bridgehead atoms. The van der Waals surface area contributed by atoms with Gasteiger partial charge >= 0.3 is 5.97 Å². The standard InChI is InChI=1S/C26H23N3O4/c1-16-13-21(17(2)29(16)19-7-4-3-5-8-19)23(30)15-33-26(32)18-10-11-20-22(14-18)27-24-9-6-12-28(24)25(20)31/h3-5,7-8,10-11,13-14H,6,9,12,15H2,1-2H3. The number of ether oxygens (including phenoxy) is 1. The van der Waals surface area contributed by atoms with Gasteiger partial charge in [-0.15, -0.1) is 0 Å². The Labute approximate surface area is 190 Å². The van der Waals surface area contributed by atoms with Crippen molar-refractivity contribution in [3.05, 3.63) is 93.3 Å². The molecule has 166 valence electrons. The second-order valence-corrected chi connectivity index (χ2v) is 8.28. The van der Waals surface area contributed by atoms with E-state index in [0.717, 1.165) is 35.7 Å². The van der Waals surface area contributed by atoms with Crippen LogP contribution in [0.15, 0.2) is 59.4 Å². The smallest absolute Gasteiger partial charge is 0.338 e. The van der Waals surface area contributed by atoms with Crippen LogP contribution < -0.4 is 5.56 Å². The Balaban J connectivity index is 1.34. The number of fused-ring (bicyclic) bond motifs is 2. The first-order valence-electron chi connectivity index (χ1n) is 10.9. The Morgan fingerprint density at radius 1 is 1.06 bits per heavy atom. The van der Waals surface area contributed by atoms with Crippen molar-refractivity contribution in [3.8, 4) is 5.69 Å². The molecule has 0 unspecified atom stereocenters. The zero-order chi connectivity index (χ0) is 23.1. The molecule has 1 aliphatic rings. The predicted molar refractivity (Wildman–Crippen MR) is 124 cm³/mol. The van der Waals surface area contributed by atoms with Gasteiger partial charge in [-0.2, -0.15) is 0 Å². The average Bonchev–Trinajstić information content (AvgIpc) is 3.41. The van der Waals surface area contributed by atoms with Crippen LogP contribution >= 0.6 is 0 Å². The highest BCUT2D eigenvalue weighted by atomic mass is 16.5. The van der Waals surface area contributed by atoms with Gasteiger partial charge in [-0.3, -0.25) is 14.2 Å². The van der Waals surface area contributed by atoms with Gasteiger partial charge in [-0.05, 0) is 56.7 Å². The molecule has 3 heterocycles. The van der Waals surface area contributed by atoms with E-state index in [1.54, 1.807) is 22.8 Å². The zero-order valence-corrected chi connectivity index (χ0v) is 18.5. The van der Waals surface area contributed by atoms with Crippen molar-refractivity contribution >= 4 is 22.7 Å². The maximum atomic E-state index is 12.8. The second-order valence-electron chi connectivity index (χ2n) is 8.28. The fraction of sp³-hybridized carbons (Fsp3) is 0.231. The fourth-order valence-electron chi connectivity index (χ4n) is 4.52. The minimum Gasteiger partial charge on any atom is -0.454 e. The first-order valence-corrected chi connectivity index (χ1v) is 10.9. The molecule has 0 spiro atoms. The van der Waals surface area contributed by atoms with Gasteiger partial charge in [-0.25, -0.2) is 9.78 Å². The number of esters is 1. The van der Waals surface area contributed by atoms with E-state index in [1.807, 2.05) is 54.8 Å². The molecule has 4 aromatic rings. The third kappa shape index (κ3) is 3.65. The van der Waals surface area contributed by atoms with Gasteiger partial charge in [0, 0.05) is 35.6 Å². The Morgan fingerprint density at radius 3 is 2.64 bits per heavy atom. The molecule has 1 aliphatic heterocycles. The van der Waals surface area contributed by atoms with E-state index in [1.165, 1.54) is 0 Å². The van der Waals surface area contributed by atoms with Crippen molar-refractivity contribution in [2.75, 3.05) is 6.61 Å². The minimum absolute atomic E-state index is 0.0867. The molecule has 0 atom stereocenters. The largest absolute Gasteiger partial charge is 0.454 e. The number of benzene rings is 2. The van der Waals surface area contributed by atoms with Crippen LogP contribution in [0.3, 0.4) is 0 Å². The van der Waals surface area contributed by atoms with Crippen LogP contribution in [0, 0.1) is 13.8 Å². The molecule has 5 rings (SSSR count). The van der Waals surface area contributed by atoms with Crippen LogP contribution in [0.5, 0.6) is 0 Å². The number of carbonyl (C=O) groups excluding carboxylic acids is 2. The van der Waals surface area contributed by atoms with E-state index in [-0.39, 0.29) is 23.5 Å². The molecular formula is C26H23N3O4. The van der Waals surface area contributed by atoms with Gasteiger partial charge in [0.2, 0.25) is 5.78 Å². The van der Waals surface area contributed by atoms with Crippen LogP contribution in [0.2, 0.25) is 0 Å². The van der Waals surface area contributed by atoms with Gasteiger partial charge in [-0.1, -0.05) is 18.2 Å². The quantitative estimate of drug-likeness (QED) is 0.348. The molecule has 0 fully saturated rings. The highest BCUT2D eigenvalue weighted by Gasteiger charge is 2.20. The molecule has 0 saturated heterocycles. The van der Waals surface area contributed by atoms with Gasteiger partial charge in [0.15, 0.2) is 6.61 Å². The van der Waals surface area contributed by atoms with Crippen LogP contribution in [0.1, 0.15) is 44.3 Å². The lowest BCUT2D eigenvalue weighted by molar-refractivity contribution is 0.0474. The van der Waals surface area contributed by atoms with E-state index < -0.39 is 5.97 Å². The molecule has 33 heavy (non-hydrogen) atoms. The van der Waals surface area contributed by atoms with Crippen LogP contribution in [0.25, 0.3) is 16.6 Å². The normalized spacial score (nSPS) is 12.7. The first kappa shape index (κ1) is 20.9. The van der Waals surface area contributed by atoms with Gasteiger partial charge < -0.3 is 9.30 Å². The number of carbonyl (C=O) groups is 2. The number of aromatic nitrogens is 3. The summed E-state index contributed by atoms with van der Waals surface area (Å²) in [7, 11) is 0. The summed E-state index contributed by atoms with van der Waals surface area (Å²) in [5.41, 5.74) is 3.86. The number of hydrogen-bond donors (Lipinski definition) is 0. The lowest BCUT2D eigenvalue weighted by atomic mass is 10.1. The van der Waals surface area contributed by atoms with Gasteiger partial charge in [0.05, 0.1) is 16.5 Å². The molecule has 2 aromatic heterocycles. The molecule has 0 radical (unpaired) electrons. The molecule has 0 N–H and O–H groups in total. The number of ketones is 1. The van der Waals surface area contributed by atoms with Crippen molar-refractivity contribution in [1.82, 2.24) is 14.1 Å². The number of rotatable bonds is 5. The number of aryl methyl sites for hydroxylation is 2. The maximum absolute atomic E-state index is 12.8. The van der Waals surface area contributed by atoms with Crippen LogP contribution in [-0.2, 0) is 17.7 Å². The Morgan fingerprint density at radius 2 is 1.85 bits per heavy atom. The third-order valence-electron chi connectivity index (χ3n) is 6.13. The van der Waals surface area contributed by atoms with Crippen molar-refractivity contribution in [2.45, 2.75) is 33.2 Å². The number of hydrogen-bond acceptors (Lipinski definition) is 5. The van der Waals surface area contributed by atoms with Crippen molar-refractivity contribution < 1.29 is 14.3 Å². The number of Topliss-reactive ketones (excluding diaryl/α,β-unsaturated/α-hetero) is 1. The summed E-state index contributed by atoms with van der Waals surface area (Å²) in [5.74, 6) is -0.153. The van der Waals surface area contributed by atoms with Crippen LogP contribution in [0.4, 0.5) is 0 Å². The van der Waals surface area contributed by atoms with E-state index in [0.29, 0.717) is 23.0 Å². The van der Waals surface area contributed by atoms with E-state index in [4.69, 9.17) is 4.74 Å². The van der Waals surface area contributed by atoms with Gasteiger partial charge in [0.1, 0.15) is 5.82 Å². The monoisotopic (exact) mass is 441 g/mol. The summed E-state index contributed by atoms with van der Waals surface area (Å²) in [6.45, 7) is 4.12. The summed E-state index contributed by atoms with van der Waals surface area (Å²) in [6, 6.07) is 16.3. The minimum atomic E-state index is -0.621. The second kappa shape index (κ2) is 8.16. The lowest BCUT2D eigenvalue weighted by Gasteiger charge is -2.10. The van der Waals surface area contributed by atoms with E-state index in [9.17, 15) is 14.4 Å². The molecule has 2 aromatic carbocycles.